The van der Waals surface area contributed by atoms with Crippen LogP contribution in [0.3, 0.4) is 0 Å². The van der Waals surface area contributed by atoms with E-state index >= 15 is 0 Å². The number of unbranched alkanes of at least 4 members (excludes halogenated alkanes) is 1. The molecule has 0 atom stereocenters. The van der Waals surface area contributed by atoms with Gasteiger partial charge in [-0.1, -0.05) is 13.3 Å². The molecule has 0 radical (unpaired) electrons. The maximum absolute atomic E-state index is 12.0. The van der Waals surface area contributed by atoms with Crippen LogP contribution in [0.1, 0.15) is 38.2 Å². The predicted molar refractivity (Wildman–Crippen MR) is 121 cm³/mol. The molecule has 0 unspecified atom stereocenters. The van der Waals surface area contributed by atoms with Crippen molar-refractivity contribution in [3.05, 3.63) is 52.5 Å². The standard InChI is InChI=1S/C22H26BrN3O4/c1-3-4-13-30-20-10-5-16(14-19(20)23)15-24-26-22(28)12-11-21(27)25-17-6-8-18(29-2)9-7-17/h5-10,14-15H,3-4,11-13H2,1-2H3,(H,25,27)(H,26,28). The van der Waals surface area contributed by atoms with Gasteiger partial charge in [0.25, 0.3) is 0 Å². The molecule has 0 aliphatic rings. The van der Waals surface area contributed by atoms with E-state index in [1.807, 2.05) is 18.2 Å². The van der Waals surface area contributed by atoms with Gasteiger partial charge in [-0.05, 0) is 70.4 Å². The lowest BCUT2D eigenvalue weighted by Crippen LogP contribution is -2.20. The van der Waals surface area contributed by atoms with E-state index < -0.39 is 0 Å². The van der Waals surface area contributed by atoms with Gasteiger partial charge in [-0.25, -0.2) is 5.43 Å². The molecule has 0 spiro atoms. The molecule has 0 fully saturated rings. The second-order valence-electron chi connectivity index (χ2n) is 6.46. The molecule has 0 saturated heterocycles. The van der Waals surface area contributed by atoms with Crippen LogP contribution in [0.5, 0.6) is 11.5 Å². The highest BCUT2D eigenvalue weighted by molar-refractivity contribution is 9.10. The third kappa shape index (κ3) is 8.24. The third-order valence-corrected chi connectivity index (χ3v) is 4.69. The monoisotopic (exact) mass is 475 g/mol. The van der Waals surface area contributed by atoms with Crippen molar-refractivity contribution in [2.75, 3.05) is 19.0 Å². The molecule has 2 aromatic rings. The number of nitrogens with one attached hydrogen (secondary N) is 2. The van der Waals surface area contributed by atoms with E-state index in [4.69, 9.17) is 9.47 Å². The summed E-state index contributed by atoms with van der Waals surface area (Å²) in [6, 6.07) is 12.5. The highest BCUT2D eigenvalue weighted by atomic mass is 79.9. The van der Waals surface area contributed by atoms with Gasteiger partial charge in [0.2, 0.25) is 11.8 Å². The van der Waals surface area contributed by atoms with E-state index in [2.05, 4.69) is 38.7 Å². The van der Waals surface area contributed by atoms with Crippen molar-refractivity contribution in [3.8, 4) is 11.5 Å². The zero-order valence-electron chi connectivity index (χ0n) is 17.1. The Morgan fingerprint density at radius 3 is 2.50 bits per heavy atom. The number of benzene rings is 2. The zero-order chi connectivity index (χ0) is 21.8. The first-order chi connectivity index (χ1) is 14.5. The molecule has 0 aromatic heterocycles. The van der Waals surface area contributed by atoms with E-state index in [0.717, 1.165) is 28.6 Å². The molecule has 2 N–H and O–H groups in total. The van der Waals surface area contributed by atoms with Crippen LogP contribution < -0.4 is 20.2 Å². The van der Waals surface area contributed by atoms with Crippen molar-refractivity contribution < 1.29 is 19.1 Å². The summed E-state index contributed by atoms with van der Waals surface area (Å²) in [5, 5.41) is 6.67. The van der Waals surface area contributed by atoms with Crippen LogP contribution in [-0.2, 0) is 9.59 Å². The number of amides is 2. The summed E-state index contributed by atoms with van der Waals surface area (Å²) < 4.78 is 11.6. The predicted octanol–water partition coefficient (Wildman–Crippen LogP) is 4.51. The maximum Gasteiger partial charge on any atom is 0.240 e. The molecule has 0 aliphatic carbocycles. The van der Waals surface area contributed by atoms with Crippen molar-refractivity contribution in [1.29, 1.82) is 0 Å². The number of rotatable bonds is 11. The number of anilines is 1. The molecule has 8 heteroatoms. The summed E-state index contributed by atoms with van der Waals surface area (Å²) in [6.45, 7) is 2.78. The van der Waals surface area contributed by atoms with Crippen molar-refractivity contribution in [2.24, 2.45) is 5.10 Å². The SMILES string of the molecule is CCCCOc1ccc(C=NNC(=O)CCC(=O)Nc2ccc(OC)cc2)cc1Br. The van der Waals surface area contributed by atoms with Gasteiger partial charge in [-0.3, -0.25) is 9.59 Å². The quantitative estimate of drug-likeness (QED) is 0.284. The van der Waals surface area contributed by atoms with Crippen molar-refractivity contribution in [2.45, 2.75) is 32.6 Å². The topological polar surface area (TPSA) is 89.0 Å². The fourth-order valence-corrected chi connectivity index (χ4v) is 2.91. The van der Waals surface area contributed by atoms with Gasteiger partial charge in [0.1, 0.15) is 11.5 Å². The number of nitrogens with zero attached hydrogens (tertiary/aromatic N) is 1. The average Bonchev–Trinajstić information content (AvgIpc) is 2.74. The lowest BCUT2D eigenvalue weighted by atomic mass is 10.2. The van der Waals surface area contributed by atoms with Crippen molar-refractivity contribution in [1.82, 2.24) is 5.43 Å². The Morgan fingerprint density at radius 2 is 1.83 bits per heavy atom. The van der Waals surface area contributed by atoms with Crippen LogP contribution in [0.25, 0.3) is 0 Å². The Kier molecular flexibility index (Phi) is 9.86. The minimum Gasteiger partial charge on any atom is -0.497 e. The van der Waals surface area contributed by atoms with E-state index in [0.29, 0.717) is 18.0 Å². The average molecular weight is 476 g/mol. The van der Waals surface area contributed by atoms with E-state index in [9.17, 15) is 9.59 Å². The normalized spacial score (nSPS) is 10.6. The van der Waals surface area contributed by atoms with Crippen LogP contribution in [0.4, 0.5) is 5.69 Å². The first-order valence-corrected chi connectivity index (χ1v) is 10.5. The van der Waals surface area contributed by atoms with Gasteiger partial charge in [-0.2, -0.15) is 5.10 Å². The number of carbonyl (C=O) groups is 2. The molecular weight excluding hydrogens is 450 g/mol. The van der Waals surface area contributed by atoms with E-state index in [-0.39, 0.29) is 24.7 Å². The minimum absolute atomic E-state index is 0.0349. The van der Waals surface area contributed by atoms with E-state index in [1.54, 1.807) is 31.4 Å². The number of hydrogen-bond acceptors (Lipinski definition) is 5. The van der Waals surface area contributed by atoms with Crippen LogP contribution in [0.2, 0.25) is 0 Å². The minimum atomic E-state index is -0.338. The van der Waals surface area contributed by atoms with Gasteiger partial charge in [0.15, 0.2) is 0 Å². The number of ether oxygens (including phenoxy) is 2. The van der Waals surface area contributed by atoms with Crippen LogP contribution in [0.15, 0.2) is 52.0 Å². The van der Waals surface area contributed by atoms with Crippen molar-refractivity contribution in [3.63, 3.8) is 0 Å². The van der Waals surface area contributed by atoms with Crippen LogP contribution in [-0.4, -0.2) is 31.7 Å². The smallest absolute Gasteiger partial charge is 0.240 e. The summed E-state index contributed by atoms with van der Waals surface area (Å²) >= 11 is 3.47. The summed E-state index contributed by atoms with van der Waals surface area (Å²) in [5.74, 6) is 0.889. The fraction of sp³-hybridized carbons (Fsp3) is 0.318. The second kappa shape index (κ2) is 12.6. The number of hydrogen-bond donors (Lipinski definition) is 2. The van der Waals surface area contributed by atoms with Crippen molar-refractivity contribution >= 4 is 39.6 Å². The second-order valence-corrected chi connectivity index (χ2v) is 7.32. The summed E-state index contributed by atoms with van der Waals surface area (Å²) in [6.07, 6.45) is 3.71. The number of hydrazone groups is 1. The Balaban J connectivity index is 1.73. The summed E-state index contributed by atoms with van der Waals surface area (Å²) in [5.41, 5.74) is 3.88. The largest absolute Gasteiger partial charge is 0.497 e. The highest BCUT2D eigenvalue weighted by Crippen LogP contribution is 2.25. The summed E-state index contributed by atoms with van der Waals surface area (Å²) in [4.78, 5) is 23.8. The fourth-order valence-electron chi connectivity index (χ4n) is 2.40. The Labute approximate surface area is 185 Å². The number of halogens is 1. The molecule has 0 heterocycles. The lowest BCUT2D eigenvalue weighted by Gasteiger charge is -2.08. The number of methoxy groups -OCH3 is 1. The molecule has 0 aliphatic heterocycles. The molecule has 160 valence electrons. The molecule has 30 heavy (non-hydrogen) atoms. The maximum atomic E-state index is 12.0. The lowest BCUT2D eigenvalue weighted by molar-refractivity contribution is -0.124. The molecule has 2 rings (SSSR count). The molecule has 2 amide bonds. The van der Waals surface area contributed by atoms with E-state index in [1.165, 1.54) is 6.21 Å². The molecule has 2 aromatic carbocycles. The third-order valence-electron chi connectivity index (χ3n) is 4.07. The molecule has 7 nitrogen and oxygen atoms in total. The Bertz CT molecular complexity index is 869. The zero-order valence-corrected chi connectivity index (χ0v) is 18.7. The molecule has 0 bridgehead atoms. The van der Waals surface area contributed by atoms with Gasteiger partial charge in [-0.15, -0.1) is 0 Å². The highest BCUT2D eigenvalue weighted by Gasteiger charge is 2.07. The Morgan fingerprint density at radius 1 is 1.10 bits per heavy atom. The Hall–Kier alpha value is -2.87. The summed E-state index contributed by atoms with van der Waals surface area (Å²) in [7, 11) is 1.57. The number of carbonyl (C=O) groups excluding carboxylic acids is 2. The first-order valence-electron chi connectivity index (χ1n) is 9.70. The van der Waals surface area contributed by atoms with Gasteiger partial charge in [0.05, 0.1) is 24.4 Å². The van der Waals surface area contributed by atoms with Crippen LogP contribution in [0, 0.1) is 0 Å². The van der Waals surface area contributed by atoms with Crippen LogP contribution >= 0.6 is 15.9 Å². The first kappa shape index (κ1) is 23.4. The van der Waals surface area contributed by atoms with Gasteiger partial charge < -0.3 is 14.8 Å². The van der Waals surface area contributed by atoms with Gasteiger partial charge >= 0.3 is 0 Å². The molecule has 0 saturated carbocycles. The molecular formula is C22H26BrN3O4. The van der Waals surface area contributed by atoms with Gasteiger partial charge in [0, 0.05) is 18.5 Å².